The molecule has 0 radical (unpaired) electrons. The fraction of sp³-hybridized carbons (Fsp3) is 0.167. The van der Waals surface area contributed by atoms with Gasteiger partial charge in [0, 0.05) is 7.05 Å². The third-order valence-corrected chi connectivity index (χ3v) is 1.44. The van der Waals surface area contributed by atoms with E-state index in [1.54, 1.807) is 24.0 Å². The molecule has 0 saturated carbocycles. The zero-order valence-corrected chi connectivity index (χ0v) is 6.02. The van der Waals surface area contributed by atoms with Crippen molar-refractivity contribution < 1.29 is 0 Å². The van der Waals surface area contributed by atoms with Crippen LogP contribution in [0.15, 0.2) is 18.5 Å². The molecule has 56 valence electrons. The molecule has 0 spiro atoms. The second-order valence-corrected chi connectivity index (χ2v) is 2.09. The van der Waals surface area contributed by atoms with Gasteiger partial charge in [0.1, 0.15) is 0 Å². The minimum absolute atomic E-state index is 0.702. The largest absolute Gasteiger partial charge is 0.357 e. The monoisotopic (exact) mass is 149 g/mol. The van der Waals surface area contributed by atoms with E-state index in [0.29, 0.717) is 5.95 Å². The summed E-state index contributed by atoms with van der Waals surface area (Å²) >= 11 is 0. The number of fused-ring (bicyclic) bond motifs is 1. The van der Waals surface area contributed by atoms with Crippen LogP contribution < -0.4 is 5.32 Å². The molecule has 0 amide bonds. The Morgan fingerprint density at radius 1 is 1.55 bits per heavy atom. The van der Waals surface area contributed by atoms with Crippen LogP contribution in [0, 0.1) is 0 Å². The van der Waals surface area contributed by atoms with Crippen molar-refractivity contribution >= 4 is 11.5 Å². The maximum absolute atomic E-state index is 4.06. The Bertz CT molecular complexity index is 366. The number of hydrogen-bond acceptors (Lipinski definition) is 4. The lowest BCUT2D eigenvalue weighted by Gasteiger charge is -1.94. The van der Waals surface area contributed by atoms with Gasteiger partial charge >= 0.3 is 0 Å². The summed E-state index contributed by atoms with van der Waals surface area (Å²) in [5.74, 6) is 0.702. The minimum Gasteiger partial charge on any atom is -0.357 e. The fourth-order valence-electron chi connectivity index (χ4n) is 0.928. The molecule has 1 N–H and O–H groups in total. The van der Waals surface area contributed by atoms with Crippen LogP contribution in [-0.2, 0) is 0 Å². The van der Waals surface area contributed by atoms with Crippen LogP contribution in [0.3, 0.4) is 0 Å². The van der Waals surface area contributed by atoms with E-state index in [2.05, 4.69) is 20.6 Å². The summed E-state index contributed by atoms with van der Waals surface area (Å²) in [5, 5.41) is 10.5. The van der Waals surface area contributed by atoms with E-state index in [1.165, 1.54) is 0 Å². The van der Waals surface area contributed by atoms with Gasteiger partial charge in [-0.05, 0) is 6.07 Å². The number of imidazole rings is 1. The molecule has 5 nitrogen and oxygen atoms in total. The number of hydrogen-bond donors (Lipinski definition) is 1. The Morgan fingerprint density at radius 3 is 3.27 bits per heavy atom. The summed E-state index contributed by atoms with van der Waals surface area (Å²) in [4.78, 5) is 4.06. The lowest BCUT2D eigenvalue weighted by molar-refractivity contribution is 0.808. The third kappa shape index (κ3) is 0.813. The molecular formula is C6H7N5. The highest BCUT2D eigenvalue weighted by molar-refractivity contribution is 5.48. The molecule has 2 rings (SSSR count). The van der Waals surface area contributed by atoms with Crippen LogP contribution in [0.4, 0.5) is 5.95 Å². The van der Waals surface area contributed by atoms with E-state index in [1.807, 2.05) is 6.07 Å². The number of anilines is 1. The number of aromatic nitrogens is 4. The molecule has 0 aliphatic heterocycles. The van der Waals surface area contributed by atoms with Gasteiger partial charge in [0.25, 0.3) is 0 Å². The van der Waals surface area contributed by atoms with Crippen LogP contribution in [0.5, 0.6) is 0 Å². The Balaban J connectivity index is 2.76. The van der Waals surface area contributed by atoms with Crippen LogP contribution in [0.25, 0.3) is 5.52 Å². The molecule has 0 fully saturated rings. The minimum atomic E-state index is 0.702. The molecule has 5 heteroatoms. The Hall–Kier alpha value is -1.65. The topological polar surface area (TPSA) is 55.1 Å². The lowest BCUT2D eigenvalue weighted by Crippen LogP contribution is -1.99. The molecule has 0 aliphatic carbocycles. The second kappa shape index (κ2) is 2.19. The smallest absolute Gasteiger partial charge is 0.225 e. The van der Waals surface area contributed by atoms with Crippen molar-refractivity contribution in [2.45, 2.75) is 0 Å². The maximum Gasteiger partial charge on any atom is 0.225 e. The van der Waals surface area contributed by atoms with Crippen LogP contribution in [-0.4, -0.2) is 26.9 Å². The fourth-order valence-corrected chi connectivity index (χ4v) is 0.928. The number of nitrogens with one attached hydrogen (secondary N) is 1. The molecule has 0 bridgehead atoms. The van der Waals surface area contributed by atoms with Gasteiger partial charge in [-0.3, -0.25) is 0 Å². The predicted octanol–water partition coefficient (Wildman–Crippen LogP) is 0.166. The average molecular weight is 149 g/mol. The highest BCUT2D eigenvalue weighted by Crippen LogP contribution is 2.05. The molecule has 0 unspecified atom stereocenters. The highest BCUT2D eigenvalue weighted by Gasteiger charge is 1.99. The number of rotatable bonds is 1. The van der Waals surface area contributed by atoms with E-state index in [0.717, 1.165) is 5.52 Å². The van der Waals surface area contributed by atoms with Gasteiger partial charge < -0.3 is 5.32 Å². The molecule has 0 atom stereocenters. The van der Waals surface area contributed by atoms with Crippen molar-refractivity contribution in [3.05, 3.63) is 18.5 Å². The lowest BCUT2D eigenvalue weighted by atomic mass is 10.5. The third-order valence-electron chi connectivity index (χ3n) is 1.44. The summed E-state index contributed by atoms with van der Waals surface area (Å²) < 4.78 is 1.64. The summed E-state index contributed by atoms with van der Waals surface area (Å²) in [6.07, 6.45) is 3.37. The van der Waals surface area contributed by atoms with E-state index >= 15 is 0 Å². The van der Waals surface area contributed by atoms with Crippen molar-refractivity contribution in [3.8, 4) is 0 Å². The van der Waals surface area contributed by atoms with Gasteiger partial charge in [-0.25, -0.2) is 4.98 Å². The molecule has 0 aliphatic rings. The maximum atomic E-state index is 4.06. The van der Waals surface area contributed by atoms with Crippen LogP contribution >= 0.6 is 0 Å². The first-order valence-corrected chi connectivity index (χ1v) is 3.25. The SMILES string of the molecule is CNc1ncc2ccnnn12. The van der Waals surface area contributed by atoms with Gasteiger partial charge in [0.2, 0.25) is 5.95 Å². The van der Waals surface area contributed by atoms with Crippen molar-refractivity contribution in [2.75, 3.05) is 12.4 Å². The molecule has 2 aromatic rings. The van der Waals surface area contributed by atoms with Gasteiger partial charge in [-0.15, -0.1) is 5.10 Å². The first kappa shape index (κ1) is 6.09. The highest BCUT2D eigenvalue weighted by atomic mass is 15.4. The molecular weight excluding hydrogens is 142 g/mol. The first-order chi connectivity index (χ1) is 5.42. The summed E-state index contributed by atoms with van der Waals surface area (Å²) in [5.41, 5.74) is 0.935. The van der Waals surface area contributed by atoms with Gasteiger partial charge in [-0.2, -0.15) is 4.52 Å². The van der Waals surface area contributed by atoms with Gasteiger partial charge in [0.15, 0.2) is 0 Å². The van der Waals surface area contributed by atoms with E-state index in [-0.39, 0.29) is 0 Å². The standard InChI is InChI=1S/C6H7N5/c1-7-6-8-4-5-2-3-9-10-11(5)6/h2-4H,1H3,(H,7,8). The Morgan fingerprint density at radius 2 is 2.45 bits per heavy atom. The molecule has 0 aromatic carbocycles. The van der Waals surface area contributed by atoms with Crippen molar-refractivity contribution in [1.29, 1.82) is 0 Å². The normalized spacial score (nSPS) is 10.3. The van der Waals surface area contributed by atoms with Crippen LogP contribution in [0.1, 0.15) is 0 Å². The van der Waals surface area contributed by atoms with Crippen molar-refractivity contribution in [1.82, 2.24) is 19.8 Å². The number of nitrogens with zero attached hydrogens (tertiary/aromatic N) is 4. The quantitative estimate of drug-likeness (QED) is 0.627. The van der Waals surface area contributed by atoms with E-state index in [9.17, 15) is 0 Å². The molecule has 2 aromatic heterocycles. The van der Waals surface area contributed by atoms with E-state index in [4.69, 9.17) is 0 Å². The van der Waals surface area contributed by atoms with E-state index < -0.39 is 0 Å². The van der Waals surface area contributed by atoms with Crippen LogP contribution in [0.2, 0.25) is 0 Å². The summed E-state index contributed by atoms with van der Waals surface area (Å²) in [6.45, 7) is 0. The molecule has 2 heterocycles. The van der Waals surface area contributed by atoms with Gasteiger partial charge in [-0.1, -0.05) is 5.21 Å². The van der Waals surface area contributed by atoms with Gasteiger partial charge in [0.05, 0.1) is 17.9 Å². The van der Waals surface area contributed by atoms with Crippen molar-refractivity contribution in [3.63, 3.8) is 0 Å². The predicted molar refractivity (Wildman–Crippen MR) is 40.3 cm³/mol. The average Bonchev–Trinajstić information content (AvgIpc) is 2.47. The summed E-state index contributed by atoms with van der Waals surface area (Å²) in [7, 11) is 1.80. The summed E-state index contributed by atoms with van der Waals surface area (Å²) in [6, 6.07) is 1.85. The molecule has 11 heavy (non-hydrogen) atoms. The second-order valence-electron chi connectivity index (χ2n) is 2.09. The Labute approximate surface area is 63.1 Å². The Kier molecular flexibility index (Phi) is 1.21. The zero-order chi connectivity index (χ0) is 7.68. The van der Waals surface area contributed by atoms with Crippen molar-refractivity contribution in [2.24, 2.45) is 0 Å². The molecule has 0 saturated heterocycles. The first-order valence-electron chi connectivity index (χ1n) is 3.25. The zero-order valence-electron chi connectivity index (χ0n) is 6.02.